The molecule has 3 nitrogen and oxygen atoms in total. The van der Waals surface area contributed by atoms with Gasteiger partial charge in [0, 0.05) is 5.04 Å². The molecule has 2 aromatic rings. The predicted molar refractivity (Wildman–Crippen MR) is 64.7 cm³/mol. The molecule has 0 unspecified atom stereocenters. The van der Waals surface area contributed by atoms with Gasteiger partial charge in [-0.25, -0.2) is 0 Å². The molecule has 0 aliphatic heterocycles. The van der Waals surface area contributed by atoms with Crippen LogP contribution >= 0.6 is 0 Å². The fourth-order valence-corrected chi connectivity index (χ4v) is 1.28. The molecule has 0 fully saturated rings. The number of benzene rings is 2. The van der Waals surface area contributed by atoms with Crippen LogP contribution in [0.25, 0.3) is 0 Å². The highest BCUT2D eigenvalue weighted by atomic mass is 17.5. The lowest BCUT2D eigenvalue weighted by atomic mass is 10.2. The van der Waals surface area contributed by atoms with Crippen LogP contribution in [0.5, 0.6) is 11.5 Å². The summed E-state index contributed by atoms with van der Waals surface area (Å²) >= 11 is 0. The lowest BCUT2D eigenvalue weighted by molar-refractivity contribution is -0.411. The van der Waals surface area contributed by atoms with Crippen LogP contribution in [0, 0.1) is 13.8 Å². The zero-order valence-electron chi connectivity index (χ0n) is 9.84. The molecule has 0 saturated heterocycles. The third-order valence-corrected chi connectivity index (χ3v) is 2.30. The summed E-state index contributed by atoms with van der Waals surface area (Å²) in [5.74, 6) is 1.20. The van der Waals surface area contributed by atoms with Gasteiger partial charge < -0.3 is 0 Å². The van der Waals surface area contributed by atoms with E-state index >= 15 is 0 Å². The molecule has 0 N–H and O–H groups in total. The van der Waals surface area contributed by atoms with Crippen molar-refractivity contribution in [2.24, 2.45) is 0 Å². The largest absolute Gasteiger partial charge is 0.299 e. The summed E-state index contributed by atoms with van der Waals surface area (Å²) in [6.45, 7) is 4.01. The van der Waals surface area contributed by atoms with Gasteiger partial charge in [-0.15, -0.1) is 0 Å². The molecular formula is C14H14O3. The number of hydrogen-bond acceptors (Lipinski definition) is 3. The van der Waals surface area contributed by atoms with Gasteiger partial charge >= 0.3 is 0 Å². The van der Waals surface area contributed by atoms with Gasteiger partial charge in [0.2, 0.25) is 0 Å². The second-order valence-electron chi connectivity index (χ2n) is 3.86. The Hall–Kier alpha value is -2.00. The first-order chi connectivity index (χ1) is 8.24. The van der Waals surface area contributed by atoms with Crippen LogP contribution in [0.3, 0.4) is 0 Å². The smallest absolute Gasteiger partial charge is 0.169 e. The van der Waals surface area contributed by atoms with Crippen LogP contribution in [0.1, 0.15) is 11.1 Å². The van der Waals surface area contributed by atoms with Gasteiger partial charge in [-0.2, -0.15) is 0 Å². The van der Waals surface area contributed by atoms with Crippen LogP contribution in [0.15, 0.2) is 48.5 Å². The lowest BCUT2D eigenvalue weighted by Crippen LogP contribution is -2.01. The van der Waals surface area contributed by atoms with E-state index < -0.39 is 0 Å². The van der Waals surface area contributed by atoms with Crippen molar-refractivity contribution in [3.8, 4) is 11.5 Å². The Morgan fingerprint density at radius 3 is 1.29 bits per heavy atom. The van der Waals surface area contributed by atoms with E-state index in [1.807, 2.05) is 62.4 Å². The summed E-state index contributed by atoms with van der Waals surface area (Å²) in [5, 5.41) is 4.69. The first kappa shape index (κ1) is 11.5. The van der Waals surface area contributed by atoms with Crippen LogP contribution in [-0.4, -0.2) is 0 Å². The molecule has 3 heteroatoms. The van der Waals surface area contributed by atoms with Crippen molar-refractivity contribution in [2.45, 2.75) is 13.8 Å². The standard InChI is InChI=1S/C14H14O3/c1-11-3-7-13(8-4-11)15-17-16-14-9-5-12(2)6-10-14/h3-10H,1-2H3. The maximum Gasteiger partial charge on any atom is 0.169 e. The van der Waals surface area contributed by atoms with E-state index in [0.717, 1.165) is 11.1 Å². The van der Waals surface area contributed by atoms with Gasteiger partial charge in [-0.05, 0) is 38.1 Å². The molecular weight excluding hydrogens is 216 g/mol. The molecule has 0 bridgehead atoms. The maximum atomic E-state index is 4.97. The van der Waals surface area contributed by atoms with Gasteiger partial charge in [0.15, 0.2) is 11.5 Å². The quantitative estimate of drug-likeness (QED) is 0.593. The second kappa shape index (κ2) is 5.37. The van der Waals surface area contributed by atoms with Crippen molar-refractivity contribution >= 4 is 0 Å². The molecule has 0 aliphatic carbocycles. The summed E-state index contributed by atoms with van der Waals surface area (Å²) in [6.07, 6.45) is 0. The van der Waals surface area contributed by atoms with Crippen molar-refractivity contribution in [1.82, 2.24) is 0 Å². The van der Waals surface area contributed by atoms with Gasteiger partial charge in [0.1, 0.15) is 0 Å². The predicted octanol–water partition coefficient (Wildman–Crippen LogP) is 3.61. The third kappa shape index (κ3) is 3.50. The van der Waals surface area contributed by atoms with Crippen LogP contribution < -0.4 is 9.78 Å². The highest BCUT2D eigenvalue weighted by Gasteiger charge is 1.97. The summed E-state index contributed by atoms with van der Waals surface area (Å²) < 4.78 is 0. The fraction of sp³-hybridized carbons (Fsp3) is 0.143. The Morgan fingerprint density at radius 1 is 0.588 bits per heavy atom. The topological polar surface area (TPSA) is 27.7 Å². The molecule has 0 radical (unpaired) electrons. The lowest BCUT2D eigenvalue weighted by Gasteiger charge is -2.04. The molecule has 0 saturated carbocycles. The Kier molecular flexibility index (Phi) is 3.62. The van der Waals surface area contributed by atoms with E-state index in [9.17, 15) is 0 Å². The molecule has 0 atom stereocenters. The average Bonchev–Trinajstić information content (AvgIpc) is 2.34. The minimum absolute atomic E-state index is 0.600. The molecule has 88 valence electrons. The molecule has 0 aromatic heterocycles. The zero-order chi connectivity index (χ0) is 12.1. The monoisotopic (exact) mass is 230 g/mol. The van der Waals surface area contributed by atoms with Crippen LogP contribution in [0.2, 0.25) is 0 Å². The van der Waals surface area contributed by atoms with Crippen molar-refractivity contribution < 1.29 is 14.8 Å². The summed E-state index contributed by atoms with van der Waals surface area (Å²) in [6, 6.07) is 15.0. The van der Waals surface area contributed by atoms with Crippen molar-refractivity contribution in [2.75, 3.05) is 0 Å². The van der Waals surface area contributed by atoms with E-state index in [2.05, 4.69) is 5.04 Å². The zero-order valence-corrected chi connectivity index (χ0v) is 9.84. The minimum atomic E-state index is 0.600. The van der Waals surface area contributed by atoms with E-state index in [0.29, 0.717) is 11.5 Å². The average molecular weight is 230 g/mol. The molecule has 17 heavy (non-hydrogen) atoms. The van der Waals surface area contributed by atoms with Gasteiger partial charge in [0.25, 0.3) is 0 Å². The second-order valence-corrected chi connectivity index (χ2v) is 3.86. The van der Waals surface area contributed by atoms with Crippen LogP contribution in [-0.2, 0) is 5.04 Å². The molecule has 2 rings (SSSR count). The van der Waals surface area contributed by atoms with Crippen molar-refractivity contribution in [3.63, 3.8) is 0 Å². The summed E-state index contributed by atoms with van der Waals surface area (Å²) in [7, 11) is 0. The number of rotatable bonds is 4. The SMILES string of the molecule is Cc1ccc(OOOc2ccc(C)cc2)cc1. The van der Waals surface area contributed by atoms with Crippen LogP contribution in [0.4, 0.5) is 0 Å². The Morgan fingerprint density at radius 2 is 0.941 bits per heavy atom. The van der Waals surface area contributed by atoms with E-state index in [-0.39, 0.29) is 0 Å². The first-order valence-corrected chi connectivity index (χ1v) is 5.38. The highest BCUT2D eigenvalue weighted by Crippen LogP contribution is 2.14. The van der Waals surface area contributed by atoms with Crippen molar-refractivity contribution in [1.29, 1.82) is 0 Å². The molecule has 2 aromatic carbocycles. The number of aryl methyl sites for hydroxylation is 2. The molecule has 0 aliphatic rings. The third-order valence-electron chi connectivity index (χ3n) is 2.30. The van der Waals surface area contributed by atoms with E-state index in [1.165, 1.54) is 0 Å². The first-order valence-electron chi connectivity index (χ1n) is 5.38. The van der Waals surface area contributed by atoms with E-state index in [1.54, 1.807) is 0 Å². The van der Waals surface area contributed by atoms with Crippen molar-refractivity contribution in [3.05, 3.63) is 59.7 Å². The highest BCUT2D eigenvalue weighted by molar-refractivity contribution is 5.26. The maximum absolute atomic E-state index is 4.97. The van der Waals surface area contributed by atoms with Gasteiger partial charge in [-0.1, -0.05) is 35.4 Å². The summed E-state index contributed by atoms with van der Waals surface area (Å²) in [5.41, 5.74) is 2.33. The normalized spacial score (nSPS) is 10.0. The molecule has 0 spiro atoms. The minimum Gasteiger partial charge on any atom is -0.299 e. The Bertz CT molecular complexity index is 414. The number of hydrogen-bond donors (Lipinski definition) is 0. The summed E-state index contributed by atoms with van der Waals surface area (Å²) in [4.78, 5) is 9.95. The fourth-order valence-electron chi connectivity index (χ4n) is 1.28. The van der Waals surface area contributed by atoms with Gasteiger partial charge in [-0.3, -0.25) is 9.78 Å². The van der Waals surface area contributed by atoms with E-state index in [4.69, 9.17) is 9.78 Å². The molecule has 0 heterocycles. The Labute approximate surface area is 100 Å². The van der Waals surface area contributed by atoms with Gasteiger partial charge in [0.05, 0.1) is 0 Å². The Balaban J connectivity index is 1.83. The molecule has 0 amide bonds.